The lowest BCUT2D eigenvalue weighted by Gasteiger charge is -2.16. The standard InChI is InChI=1S/C15H20N2O4/c1-3-11(2)14(18)10-16-15(19)9-6-12-4-7-13(8-5-12)17(20)21/h4-9,11,14,18H,3,10H2,1-2H3,(H,16,19)/b9-6+. The van der Waals surface area contributed by atoms with Crippen molar-refractivity contribution in [1.29, 1.82) is 0 Å². The van der Waals surface area contributed by atoms with Gasteiger partial charge in [0.15, 0.2) is 0 Å². The smallest absolute Gasteiger partial charge is 0.269 e. The van der Waals surface area contributed by atoms with Crippen LogP contribution in [0.1, 0.15) is 25.8 Å². The lowest BCUT2D eigenvalue weighted by Crippen LogP contribution is -2.34. The van der Waals surface area contributed by atoms with E-state index in [1.807, 2.05) is 13.8 Å². The Hall–Kier alpha value is -2.21. The minimum absolute atomic E-state index is 0.00766. The average molecular weight is 292 g/mol. The first-order valence-corrected chi connectivity index (χ1v) is 6.82. The highest BCUT2D eigenvalue weighted by atomic mass is 16.6. The van der Waals surface area contributed by atoms with Crippen molar-refractivity contribution in [2.75, 3.05) is 6.54 Å². The van der Waals surface area contributed by atoms with Gasteiger partial charge in [0.1, 0.15) is 0 Å². The topological polar surface area (TPSA) is 92.5 Å². The second kappa shape index (κ2) is 8.16. The first-order chi connectivity index (χ1) is 9.93. The van der Waals surface area contributed by atoms with Crippen LogP contribution in [0.15, 0.2) is 30.3 Å². The van der Waals surface area contributed by atoms with Crippen LogP contribution in [0.2, 0.25) is 0 Å². The fourth-order valence-electron chi connectivity index (χ4n) is 1.62. The Morgan fingerprint density at radius 3 is 2.57 bits per heavy atom. The number of non-ortho nitro benzene ring substituents is 1. The van der Waals surface area contributed by atoms with Crippen molar-refractivity contribution in [3.8, 4) is 0 Å². The Morgan fingerprint density at radius 2 is 2.05 bits per heavy atom. The van der Waals surface area contributed by atoms with Gasteiger partial charge >= 0.3 is 0 Å². The summed E-state index contributed by atoms with van der Waals surface area (Å²) in [5.41, 5.74) is 0.700. The van der Waals surface area contributed by atoms with Gasteiger partial charge in [0, 0.05) is 24.8 Å². The zero-order chi connectivity index (χ0) is 15.8. The SMILES string of the molecule is CCC(C)C(O)CNC(=O)/C=C/c1ccc([N+](=O)[O-])cc1. The summed E-state index contributed by atoms with van der Waals surface area (Å²) in [6.07, 6.45) is 3.18. The molecule has 1 aromatic carbocycles. The molecule has 0 fully saturated rings. The van der Waals surface area contributed by atoms with Crippen LogP contribution in [-0.4, -0.2) is 28.6 Å². The molecule has 0 aromatic heterocycles. The molecule has 0 saturated heterocycles. The largest absolute Gasteiger partial charge is 0.391 e. The van der Waals surface area contributed by atoms with Crippen LogP contribution in [-0.2, 0) is 4.79 Å². The highest BCUT2D eigenvalue weighted by Gasteiger charge is 2.12. The van der Waals surface area contributed by atoms with Crippen LogP contribution in [0.5, 0.6) is 0 Å². The van der Waals surface area contributed by atoms with Gasteiger partial charge in [-0.1, -0.05) is 20.3 Å². The van der Waals surface area contributed by atoms with E-state index < -0.39 is 11.0 Å². The second-order valence-electron chi connectivity index (χ2n) is 4.88. The van der Waals surface area contributed by atoms with Crippen LogP contribution < -0.4 is 5.32 Å². The molecule has 6 nitrogen and oxygen atoms in total. The Bertz CT molecular complexity index is 511. The molecule has 0 radical (unpaired) electrons. The average Bonchev–Trinajstić information content (AvgIpc) is 2.49. The zero-order valence-corrected chi connectivity index (χ0v) is 12.2. The molecule has 2 N–H and O–H groups in total. The summed E-state index contributed by atoms with van der Waals surface area (Å²) in [4.78, 5) is 21.6. The number of aliphatic hydroxyl groups is 1. The van der Waals surface area contributed by atoms with Crippen LogP contribution >= 0.6 is 0 Å². The van der Waals surface area contributed by atoms with Crippen LogP contribution in [0, 0.1) is 16.0 Å². The number of benzene rings is 1. The van der Waals surface area contributed by atoms with Crippen molar-refractivity contribution in [3.63, 3.8) is 0 Å². The predicted octanol–water partition coefficient (Wildman–Crippen LogP) is 2.13. The van der Waals surface area contributed by atoms with Gasteiger partial charge in [-0.15, -0.1) is 0 Å². The maximum absolute atomic E-state index is 11.6. The summed E-state index contributed by atoms with van der Waals surface area (Å²) in [6, 6.07) is 5.89. The normalized spacial score (nSPS) is 13.9. The highest BCUT2D eigenvalue weighted by molar-refractivity contribution is 5.91. The molecular weight excluding hydrogens is 272 g/mol. The van der Waals surface area contributed by atoms with E-state index >= 15 is 0 Å². The molecule has 0 spiro atoms. The number of carbonyl (C=O) groups is 1. The van der Waals surface area contributed by atoms with Gasteiger partial charge in [-0.05, 0) is 29.7 Å². The van der Waals surface area contributed by atoms with Gasteiger partial charge in [0.25, 0.3) is 5.69 Å². The number of nitro groups is 1. The zero-order valence-electron chi connectivity index (χ0n) is 12.2. The van der Waals surface area contributed by atoms with Gasteiger partial charge in [-0.2, -0.15) is 0 Å². The van der Waals surface area contributed by atoms with Crippen LogP contribution in [0.4, 0.5) is 5.69 Å². The predicted molar refractivity (Wildman–Crippen MR) is 80.6 cm³/mol. The number of nitro benzene ring substituents is 1. The molecule has 1 amide bonds. The van der Waals surface area contributed by atoms with E-state index in [0.29, 0.717) is 5.56 Å². The third-order valence-corrected chi connectivity index (χ3v) is 3.32. The first-order valence-electron chi connectivity index (χ1n) is 6.82. The molecule has 0 heterocycles. The minimum atomic E-state index is -0.563. The van der Waals surface area contributed by atoms with Gasteiger partial charge in [-0.25, -0.2) is 0 Å². The molecule has 114 valence electrons. The molecule has 2 unspecified atom stereocenters. The van der Waals surface area contributed by atoms with Crippen molar-refractivity contribution in [1.82, 2.24) is 5.32 Å². The minimum Gasteiger partial charge on any atom is -0.391 e. The lowest BCUT2D eigenvalue weighted by molar-refractivity contribution is -0.384. The van der Waals surface area contributed by atoms with Crippen molar-refractivity contribution < 1.29 is 14.8 Å². The molecule has 0 saturated carbocycles. The Balaban J connectivity index is 2.48. The number of rotatable bonds is 7. The molecule has 0 aliphatic rings. The monoisotopic (exact) mass is 292 g/mol. The maximum Gasteiger partial charge on any atom is 0.269 e. The summed E-state index contributed by atoms with van der Waals surface area (Å²) in [7, 11) is 0. The van der Waals surface area contributed by atoms with E-state index in [0.717, 1.165) is 6.42 Å². The molecule has 1 aromatic rings. The van der Waals surface area contributed by atoms with Gasteiger partial charge in [0.05, 0.1) is 11.0 Å². The number of carbonyl (C=O) groups excluding carboxylic acids is 1. The Morgan fingerprint density at radius 1 is 1.43 bits per heavy atom. The highest BCUT2D eigenvalue weighted by Crippen LogP contribution is 2.12. The molecule has 1 rings (SSSR count). The van der Waals surface area contributed by atoms with Crippen molar-refractivity contribution in [2.24, 2.45) is 5.92 Å². The van der Waals surface area contributed by atoms with E-state index in [-0.39, 0.29) is 24.1 Å². The summed E-state index contributed by atoms with van der Waals surface area (Å²) < 4.78 is 0. The maximum atomic E-state index is 11.6. The van der Waals surface area contributed by atoms with Crippen molar-refractivity contribution in [2.45, 2.75) is 26.4 Å². The molecule has 0 aliphatic carbocycles. The number of nitrogens with one attached hydrogen (secondary N) is 1. The van der Waals surface area contributed by atoms with Crippen LogP contribution in [0.25, 0.3) is 6.08 Å². The van der Waals surface area contributed by atoms with Crippen molar-refractivity contribution in [3.05, 3.63) is 46.0 Å². The molecular formula is C15H20N2O4. The third kappa shape index (κ3) is 5.74. The van der Waals surface area contributed by atoms with Gasteiger partial charge in [0.2, 0.25) is 5.91 Å². The lowest BCUT2D eigenvalue weighted by atomic mass is 10.0. The number of hydrogen-bond donors (Lipinski definition) is 2. The Labute approximate surface area is 123 Å². The molecule has 6 heteroatoms. The van der Waals surface area contributed by atoms with E-state index in [2.05, 4.69) is 5.32 Å². The van der Waals surface area contributed by atoms with E-state index in [4.69, 9.17) is 0 Å². The number of amides is 1. The summed E-state index contributed by atoms with van der Waals surface area (Å²) >= 11 is 0. The summed E-state index contributed by atoms with van der Waals surface area (Å²) in [5, 5.41) is 22.9. The number of nitrogens with zero attached hydrogens (tertiary/aromatic N) is 1. The van der Waals surface area contributed by atoms with Gasteiger partial charge in [-0.3, -0.25) is 14.9 Å². The second-order valence-corrected chi connectivity index (χ2v) is 4.88. The quantitative estimate of drug-likeness (QED) is 0.457. The van der Waals surface area contributed by atoms with E-state index in [9.17, 15) is 20.0 Å². The third-order valence-electron chi connectivity index (χ3n) is 3.32. The summed E-state index contributed by atoms with van der Waals surface area (Å²) in [5.74, 6) is -0.181. The number of hydrogen-bond acceptors (Lipinski definition) is 4. The van der Waals surface area contributed by atoms with E-state index in [1.54, 1.807) is 18.2 Å². The first kappa shape index (κ1) is 16.8. The molecule has 21 heavy (non-hydrogen) atoms. The summed E-state index contributed by atoms with van der Waals surface area (Å²) in [6.45, 7) is 4.10. The fourth-order valence-corrected chi connectivity index (χ4v) is 1.62. The molecule has 0 aliphatic heterocycles. The van der Waals surface area contributed by atoms with Gasteiger partial charge < -0.3 is 10.4 Å². The number of aliphatic hydroxyl groups excluding tert-OH is 1. The Kier molecular flexibility index (Phi) is 6.55. The van der Waals surface area contributed by atoms with Crippen LogP contribution in [0.3, 0.4) is 0 Å². The van der Waals surface area contributed by atoms with Crippen molar-refractivity contribution >= 4 is 17.7 Å². The molecule has 0 bridgehead atoms. The van der Waals surface area contributed by atoms with E-state index in [1.165, 1.54) is 18.2 Å². The molecule has 2 atom stereocenters. The fraction of sp³-hybridized carbons (Fsp3) is 0.400.